The number of nitrogens with zero attached hydrogens (tertiary/aromatic N) is 1. The van der Waals surface area contributed by atoms with E-state index in [1.807, 2.05) is 25.1 Å². The Hall–Kier alpha value is -2.64. The highest BCUT2D eigenvalue weighted by molar-refractivity contribution is 7.89. The predicted molar refractivity (Wildman–Crippen MR) is 115 cm³/mol. The average molecular weight is 414 g/mol. The fraction of sp³-hybridized carbons (Fsp3) is 0.318. The standard InChI is InChI=1S/C22H27N3O3S/c1-17-8-9-18(2)21(16-17)29(27,28)24-13-10-22(26)23-12-5-14-25-15-11-19-6-3-4-7-20(19)25/h3-4,6-9,11,15-16,24H,5,10,12-14H2,1-2H3,(H,23,26). The number of hydrogen-bond donors (Lipinski definition) is 2. The fourth-order valence-electron chi connectivity index (χ4n) is 3.27. The molecule has 7 heteroatoms. The van der Waals surface area contributed by atoms with Crippen molar-refractivity contribution >= 4 is 26.8 Å². The third-order valence-electron chi connectivity index (χ3n) is 4.86. The first kappa shape index (κ1) is 21.1. The highest BCUT2D eigenvalue weighted by Crippen LogP contribution is 2.17. The number of rotatable bonds is 9. The molecule has 2 aromatic carbocycles. The number of carbonyl (C=O) groups is 1. The van der Waals surface area contributed by atoms with Crippen LogP contribution in [0.25, 0.3) is 10.9 Å². The molecule has 0 fully saturated rings. The lowest BCUT2D eigenvalue weighted by Crippen LogP contribution is -2.31. The van der Waals surface area contributed by atoms with Gasteiger partial charge in [0.1, 0.15) is 0 Å². The van der Waals surface area contributed by atoms with Gasteiger partial charge in [-0.05, 0) is 55.0 Å². The molecule has 1 amide bonds. The van der Waals surface area contributed by atoms with Crippen LogP contribution in [0.3, 0.4) is 0 Å². The van der Waals surface area contributed by atoms with E-state index in [1.54, 1.807) is 19.1 Å². The number of amides is 1. The molecule has 0 radical (unpaired) electrons. The largest absolute Gasteiger partial charge is 0.356 e. The Labute approximate surface area is 172 Å². The molecule has 0 aliphatic rings. The number of aromatic nitrogens is 1. The summed E-state index contributed by atoms with van der Waals surface area (Å²) >= 11 is 0. The molecule has 6 nitrogen and oxygen atoms in total. The van der Waals surface area contributed by atoms with Crippen molar-refractivity contribution in [3.05, 3.63) is 65.9 Å². The van der Waals surface area contributed by atoms with Crippen LogP contribution < -0.4 is 10.0 Å². The topological polar surface area (TPSA) is 80.2 Å². The van der Waals surface area contributed by atoms with Gasteiger partial charge in [0.25, 0.3) is 0 Å². The molecule has 0 spiro atoms. The highest BCUT2D eigenvalue weighted by Gasteiger charge is 2.16. The van der Waals surface area contributed by atoms with Crippen molar-refractivity contribution in [3.63, 3.8) is 0 Å². The fourth-order valence-corrected chi connectivity index (χ4v) is 4.63. The van der Waals surface area contributed by atoms with Crippen LogP contribution >= 0.6 is 0 Å². The van der Waals surface area contributed by atoms with Crippen LogP contribution in [0.15, 0.2) is 59.6 Å². The first-order valence-corrected chi connectivity index (χ1v) is 11.2. The summed E-state index contributed by atoms with van der Waals surface area (Å²) < 4.78 is 29.6. The molecule has 2 N–H and O–H groups in total. The number of fused-ring (bicyclic) bond motifs is 1. The van der Waals surface area contributed by atoms with Gasteiger partial charge in [0, 0.05) is 37.8 Å². The summed E-state index contributed by atoms with van der Waals surface area (Å²) in [6, 6.07) is 15.6. The van der Waals surface area contributed by atoms with E-state index < -0.39 is 10.0 Å². The molecule has 0 aliphatic carbocycles. The van der Waals surface area contributed by atoms with Gasteiger partial charge in [-0.1, -0.05) is 30.3 Å². The Bertz CT molecular complexity index is 1100. The van der Waals surface area contributed by atoms with E-state index in [1.165, 1.54) is 10.9 Å². The third-order valence-corrected chi connectivity index (χ3v) is 6.46. The van der Waals surface area contributed by atoms with Crippen LogP contribution in [0.4, 0.5) is 0 Å². The normalized spacial score (nSPS) is 11.7. The van der Waals surface area contributed by atoms with E-state index in [9.17, 15) is 13.2 Å². The minimum atomic E-state index is -3.62. The molecule has 1 heterocycles. The summed E-state index contributed by atoms with van der Waals surface area (Å²) in [5.41, 5.74) is 2.74. The molecule has 3 aromatic rings. The zero-order valence-corrected chi connectivity index (χ0v) is 17.6. The van der Waals surface area contributed by atoms with E-state index in [0.29, 0.717) is 12.1 Å². The maximum Gasteiger partial charge on any atom is 0.240 e. The molecule has 0 bridgehead atoms. The van der Waals surface area contributed by atoms with E-state index in [2.05, 4.69) is 39.0 Å². The van der Waals surface area contributed by atoms with Crippen LogP contribution in [0, 0.1) is 13.8 Å². The second-order valence-corrected chi connectivity index (χ2v) is 8.92. The molecule has 29 heavy (non-hydrogen) atoms. The van der Waals surface area contributed by atoms with Crippen LogP contribution in [0.5, 0.6) is 0 Å². The van der Waals surface area contributed by atoms with Crippen molar-refractivity contribution in [3.8, 4) is 0 Å². The number of carbonyl (C=O) groups excluding carboxylic acids is 1. The smallest absolute Gasteiger partial charge is 0.240 e. The molecular weight excluding hydrogens is 386 g/mol. The lowest BCUT2D eigenvalue weighted by molar-refractivity contribution is -0.120. The second kappa shape index (κ2) is 9.24. The Morgan fingerprint density at radius 2 is 1.83 bits per heavy atom. The first-order chi connectivity index (χ1) is 13.9. The van der Waals surface area contributed by atoms with Crippen molar-refractivity contribution in [2.75, 3.05) is 13.1 Å². The Balaban J connectivity index is 1.40. The number of sulfonamides is 1. The van der Waals surface area contributed by atoms with Gasteiger partial charge in [0.05, 0.1) is 4.90 Å². The van der Waals surface area contributed by atoms with Crippen molar-refractivity contribution in [1.82, 2.24) is 14.6 Å². The first-order valence-electron chi connectivity index (χ1n) is 9.74. The summed E-state index contributed by atoms with van der Waals surface area (Å²) in [5, 5.41) is 4.05. The lowest BCUT2D eigenvalue weighted by atomic mass is 10.2. The average Bonchev–Trinajstić information content (AvgIpc) is 3.10. The third kappa shape index (κ3) is 5.46. The molecule has 154 valence electrons. The summed E-state index contributed by atoms with van der Waals surface area (Å²) in [4.78, 5) is 12.3. The number of para-hydroxylation sites is 1. The summed E-state index contributed by atoms with van der Waals surface area (Å²) in [7, 11) is -3.62. The number of hydrogen-bond acceptors (Lipinski definition) is 3. The van der Waals surface area contributed by atoms with E-state index >= 15 is 0 Å². The van der Waals surface area contributed by atoms with Crippen molar-refractivity contribution in [2.45, 2.75) is 38.1 Å². The van der Waals surface area contributed by atoms with Gasteiger partial charge < -0.3 is 9.88 Å². The minimum absolute atomic E-state index is 0.0732. The molecule has 0 saturated carbocycles. The van der Waals surface area contributed by atoms with Crippen molar-refractivity contribution in [1.29, 1.82) is 0 Å². The van der Waals surface area contributed by atoms with Gasteiger partial charge >= 0.3 is 0 Å². The molecule has 0 atom stereocenters. The van der Waals surface area contributed by atoms with Gasteiger partial charge in [0.15, 0.2) is 0 Å². The Morgan fingerprint density at radius 3 is 2.66 bits per heavy atom. The SMILES string of the molecule is Cc1ccc(C)c(S(=O)(=O)NCCC(=O)NCCCn2ccc3ccccc32)c1. The molecule has 0 aliphatic heterocycles. The zero-order chi connectivity index (χ0) is 20.9. The van der Waals surface area contributed by atoms with Crippen LogP contribution in [0.2, 0.25) is 0 Å². The number of aryl methyl sites for hydroxylation is 3. The Morgan fingerprint density at radius 1 is 1.03 bits per heavy atom. The van der Waals surface area contributed by atoms with E-state index in [0.717, 1.165) is 18.5 Å². The van der Waals surface area contributed by atoms with E-state index in [-0.39, 0.29) is 23.8 Å². The molecular formula is C22H27N3O3S. The van der Waals surface area contributed by atoms with Gasteiger partial charge in [0.2, 0.25) is 15.9 Å². The molecule has 0 unspecified atom stereocenters. The second-order valence-electron chi connectivity index (χ2n) is 7.19. The van der Waals surface area contributed by atoms with E-state index in [4.69, 9.17) is 0 Å². The van der Waals surface area contributed by atoms with Gasteiger partial charge in [-0.2, -0.15) is 0 Å². The predicted octanol–water partition coefficient (Wildman–Crippen LogP) is 3.13. The molecule has 1 aromatic heterocycles. The number of nitrogens with one attached hydrogen (secondary N) is 2. The van der Waals surface area contributed by atoms with Crippen molar-refractivity contribution in [2.24, 2.45) is 0 Å². The van der Waals surface area contributed by atoms with Gasteiger partial charge in [-0.15, -0.1) is 0 Å². The lowest BCUT2D eigenvalue weighted by Gasteiger charge is -2.10. The monoisotopic (exact) mass is 413 g/mol. The summed E-state index contributed by atoms with van der Waals surface area (Å²) in [6.45, 7) is 5.04. The number of benzene rings is 2. The summed E-state index contributed by atoms with van der Waals surface area (Å²) in [5.74, 6) is -0.161. The van der Waals surface area contributed by atoms with Gasteiger partial charge in [-0.3, -0.25) is 4.79 Å². The van der Waals surface area contributed by atoms with Gasteiger partial charge in [-0.25, -0.2) is 13.1 Å². The molecule has 0 saturated heterocycles. The summed E-state index contributed by atoms with van der Waals surface area (Å²) in [6.07, 6.45) is 2.96. The maximum atomic E-state index is 12.4. The Kier molecular flexibility index (Phi) is 6.71. The van der Waals surface area contributed by atoms with Crippen LogP contribution in [-0.2, 0) is 21.4 Å². The molecule has 3 rings (SSSR count). The zero-order valence-electron chi connectivity index (χ0n) is 16.8. The minimum Gasteiger partial charge on any atom is -0.356 e. The van der Waals surface area contributed by atoms with Crippen LogP contribution in [-0.4, -0.2) is 32.0 Å². The highest BCUT2D eigenvalue weighted by atomic mass is 32.2. The van der Waals surface area contributed by atoms with Crippen LogP contribution in [0.1, 0.15) is 24.0 Å². The quantitative estimate of drug-likeness (QED) is 0.529. The maximum absolute atomic E-state index is 12.4. The van der Waals surface area contributed by atoms with Crippen molar-refractivity contribution < 1.29 is 13.2 Å².